The van der Waals surface area contributed by atoms with Crippen LogP contribution in [0.25, 0.3) is 0 Å². The number of rotatable bonds is 7. The first kappa shape index (κ1) is 14.4. The molecule has 0 aliphatic rings. The van der Waals surface area contributed by atoms with E-state index in [2.05, 4.69) is 0 Å². The largest absolute Gasteiger partial charge is 0.480 e. The van der Waals surface area contributed by atoms with Crippen LogP contribution in [0.4, 0.5) is 0 Å². The maximum Gasteiger partial charge on any atom is 0.320 e. The number of carbonyl (C=O) groups is 1. The highest BCUT2D eigenvalue weighted by Gasteiger charge is 2.23. The number of hydrogen-bond donors (Lipinski definition) is 1. The van der Waals surface area contributed by atoms with Crippen LogP contribution < -0.4 is 0 Å². The van der Waals surface area contributed by atoms with Gasteiger partial charge in [0, 0.05) is 13.7 Å². The molecule has 0 heterocycles. The van der Waals surface area contributed by atoms with E-state index in [9.17, 15) is 4.79 Å². The van der Waals surface area contributed by atoms with E-state index in [1.54, 1.807) is 7.11 Å². The van der Waals surface area contributed by atoms with Crippen LogP contribution in [0.5, 0.6) is 0 Å². The van der Waals surface area contributed by atoms with E-state index in [0.717, 1.165) is 13.0 Å². The van der Waals surface area contributed by atoms with Gasteiger partial charge in [-0.15, -0.1) is 0 Å². The highest BCUT2D eigenvalue weighted by atomic mass is 16.5. The predicted molar refractivity (Wildman–Crippen MR) is 60.0 cm³/mol. The lowest BCUT2D eigenvalue weighted by molar-refractivity contribution is -0.143. The van der Waals surface area contributed by atoms with E-state index in [1.807, 2.05) is 32.7 Å². The Bertz CT molecular complexity index is 204. The third-order valence-electron chi connectivity index (χ3n) is 2.82. The molecule has 0 aliphatic carbocycles. The minimum atomic E-state index is -0.754. The zero-order chi connectivity index (χ0) is 12.1. The number of ether oxygens (including phenoxy) is 1. The summed E-state index contributed by atoms with van der Waals surface area (Å²) in [7, 11) is 3.52. The molecule has 0 aromatic heterocycles. The van der Waals surface area contributed by atoms with Gasteiger partial charge in [-0.2, -0.15) is 0 Å². The van der Waals surface area contributed by atoms with Crippen molar-refractivity contribution in [3.05, 3.63) is 0 Å². The maximum absolute atomic E-state index is 10.9. The molecule has 1 N–H and O–H groups in total. The summed E-state index contributed by atoms with van der Waals surface area (Å²) in [5.41, 5.74) is -0.189. The molecule has 0 aliphatic heterocycles. The van der Waals surface area contributed by atoms with Gasteiger partial charge in [0.2, 0.25) is 0 Å². The van der Waals surface area contributed by atoms with Crippen molar-refractivity contribution in [3.8, 4) is 0 Å². The van der Waals surface area contributed by atoms with Gasteiger partial charge >= 0.3 is 5.97 Å². The molecule has 0 spiro atoms. The van der Waals surface area contributed by atoms with Crippen LogP contribution in [-0.2, 0) is 9.53 Å². The fourth-order valence-electron chi connectivity index (χ4n) is 1.38. The molecule has 0 aromatic carbocycles. The Morgan fingerprint density at radius 1 is 1.53 bits per heavy atom. The number of hydrogen-bond acceptors (Lipinski definition) is 3. The maximum atomic E-state index is 10.9. The van der Waals surface area contributed by atoms with Crippen molar-refractivity contribution >= 4 is 5.97 Å². The normalized spacial score (nSPS) is 14.3. The van der Waals surface area contributed by atoms with E-state index >= 15 is 0 Å². The fourth-order valence-corrected chi connectivity index (χ4v) is 1.38. The third kappa shape index (κ3) is 5.14. The molecule has 1 atom stereocenters. The van der Waals surface area contributed by atoms with Crippen LogP contribution in [0.3, 0.4) is 0 Å². The Labute approximate surface area is 92.2 Å². The van der Waals surface area contributed by atoms with Crippen molar-refractivity contribution in [2.45, 2.75) is 45.3 Å². The highest BCUT2D eigenvalue weighted by molar-refractivity contribution is 5.73. The van der Waals surface area contributed by atoms with Gasteiger partial charge in [-0.3, -0.25) is 9.69 Å². The summed E-state index contributed by atoms with van der Waals surface area (Å²) in [6.07, 6.45) is 1.45. The molecule has 0 radical (unpaired) electrons. The summed E-state index contributed by atoms with van der Waals surface area (Å²) in [5.74, 6) is -0.754. The fraction of sp³-hybridized carbons (Fsp3) is 0.909. The second kappa shape index (κ2) is 6.08. The molecule has 0 fully saturated rings. The van der Waals surface area contributed by atoms with Crippen LogP contribution in [-0.4, -0.2) is 48.3 Å². The molecule has 4 heteroatoms. The van der Waals surface area contributed by atoms with Gasteiger partial charge in [0.1, 0.15) is 6.04 Å². The lowest BCUT2D eigenvalue weighted by Crippen LogP contribution is -2.40. The molecular formula is C11H23NO3. The third-order valence-corrected chi connectivity index (χ3v) is 2.82. The first-order chi connectivity index (χ1) is 6.84. The Hall–Kier alpha value is -0.610. The highest BCUT2D eigenvalue weighted by Crippen LogP contribution is 2.14. The van der Waals surface area contributed by atoms with E-state index in [-0.39, 0.29) is 5.60 Å². The van der Waals surface area contributed by atoms with Crippen molar-refractivity contribution in [1.29, 1.82) is 0 Å². The Morgan fingerprint density at radius 3 is 2.40 bits per heavy atom. The molecule has 1 unspecified atom stereocenters. The smallest absolute Gasteiger partial charge is 0.320 e. The molecule has 0 amide bonds. The van der Waals surface area contributed by atoms with Gasteiger partial charge in [0.25, 0.3) is 0 Å². The standard InChI is InChI=1S/C11H23NO3/c1-6-9(10(13)14)12(4)8-7-11(2,3)15-5/h9H,6-8H2,1-5H3,(H,13,14). The molecule has 15 heavy (non-hydrogen) atoms. The second-order valence-corrected chi connectivity index (χ2v) is 4.46. The Balaban J connectivity index is 4.12. The minimum absolute atomic E-state index is 0.189. The number of carboxylic acids is 1. The van der Waals surface area contributed by atoms with Crippen LogP contribution >= 0.6 is 0 Å². The summed E-state index contributed by atoms with van der Waals surface area (Å²) in [6.45, 7) is 6.62. The summed E-state index contributed by atoms with van der Waals surface area (Å²) < 4.78 is 5.29. The Kier molecular flexibility index (Phi) is 5.83. The van der Waals surface area contributed by atoms with Crippen molar-refractivity contribution in [3.63, 3.8) is 0 Å². The van der Waals surface area contributed by atoms with Crippen molar-refractivity contribution in [1.82, 2.24) is 4.90 Å². The van der Waals surface area contributed by atoms with Gasteiger partial charge in [0.15, 0.2) is 0 Å². The topological polar surface area (TPSA) is 49.8 Å². The SMILES string of the molecule is CCC(C(=O)O)N(C)CCC(C)(C)OC. The predicted octanol–water partition coefficient (Wildman–Crippen LogP) is 1.60. The van der Waals surface area contributed by atoms with Crippen LogP contribution in [0.15, 0.2) is 0 Å². The van der Waals surface area contributed by atoms with Gasteiger partial charge in [-0.1, -0.05) is 6.92 Å². The number of aliphatic carboxylic acids is 1. The number of carboxylic acid groups (broad SMARTS) is 1. The van der Waals surface area contributed by atoms with Gasteiger partial charge in [0.05, 0.1) is 5.60 Å². The van der Waals surface area contributed by atoms with E-state index < -0.39 is 12.0 Å². The monoisotopic (exact) mass is 217 g/mol. The van der Waals surface area contributed by atoms with E-state index in [1.165, 1.54) is 0 Å². The molecule has 0 saturated heterocycles. The van der Waals surface area contributed by atoms with E-state index in [4.69, 9.17) is 9.84 Å². The van der Waals surface area contributed by atoms with Crippen molar-refractivity contribution in [2.24, 2.45) is 0 Å². The zero-order valence-electron chi connectivity index (χ0n) is 10.4. The second-order valence-electron chi connectivity index (χ2n) is 4.46. The van der Waals surface area contributed by atoms with Crippen LogP contribution in [0.2, 0.25) is 0 Å². The summed E-state index contributed by atoms with van der Waals surface area (Å²) in [4.78, 5) is 12.8. The zero-order valence-corrected chi connectivity index (χ0v) is 10.4. The first-order valence-corrected chi connectivity index (χ1v) is 5.32. The summed E-state index contributed by atoms with van der Waals surface area (Å²) in [6, 6.07) is -0.391. The molecule has 90 valence electrons. The number of nitrogens with zero attached hydrogens (tertiary/aromatic N) is 1. The average molecular weight is 217 g/mol. The van der Waals surface area contributed by atoms with Gasteiger partial charge < -0.3 is 9.84 Å². The average Bonchev–Trinajstić information content (AvgIpc) is 2.15. The number of likely N-dealkylation sites (N-methyl/N-ethyl adjacent to an activating group) is 1. The minimum Gasteiger partial charge on any atom is -0.480 e. The molecule has 0 saturated carbocycles. The van der Waals surface area contributed by atoms with Crippen LogP contribution in [0, 0.1) is 0 Å². The lowest BCUT2D eigenvalue weighted by atomic mass is 10.0. The molecular weight excluding hydrogens is 194 g/mol. The molecule has 0 aromatic rings. The first-order valence-electron chi connectivity index (χ1n) is 5.32. The van der Waals surface area contributed by atoms with Crippen LogP contribution in [0.1, 0.15) is 33.6 Å². The lowest BCUT2D eigenvalue weighted by Gasteiger charge is -2.29. The Morgan fingerprint density at radius 2 is 2.07 bits per heavy atom. The molecule has 0 rings (SSSR count). The summed E-state index contributed by atoms with van der Waals surface area (Å²) >= 11 is 0. The summed E-state index contributed by atoms with van der Waals surface area (Å²) in [5, 5.41) is 8.96. The van der Waals surface area contributed by atoms with Crippen molar-refractivity contribution in [2.75, 3.05) is 20.7 Å². The van der Waals surface area contributed by atoms with E-state index in [0.29, 0.717) is 6.42 Å². The number of methoxy groups -OCH3 is 1. The van der Waals surface area contributed by atoms with Crippen molar-refractivity contribution < 1.29 is 14.6 Å². The quantitative estimate of drug-likeness (QED) is 0.703. The van der Waals surface area contributed by atoms with Gasteiger partial charge in [-0.05, 0) is 33.7 Å². The molecule has 0 bridgehead atoms. The van der Waals surface area contributed by atoms with Gasteiger partial charge in [-0.25, -0.2) is 0 Å². The molecule has 4 nitrogen and oxygen atoms in total.